The third-order valence-electron chi connectivity index (χ3n) is 2.77. The van der Waals surface area contributed by atoms with Gasteiger partial charge in [0, 0.05) is 22.8 Å². The minimum absolute atomic E-state index is 0.103. The molecule has 0 aliphatic rings. The summed E-state index contributed by atoms with van der Waals surface area (Å²) in [6.45, 7) is 8.13. The van der Waals surface area contributed by atoms with Gasteiger partial charge in [-0.25, -0.2) is 4.98 Å². The lowest BCUT2D eigenvalue weighted by molar-refractivity contribution is 0.244. The number of benzene rings is 1. The van der Waals surface area contributed by atoms with Crippen LogP contribution in [0.15, 0.2) is 24.4 Å². The highest BCUT2D eigenvalue weighted by Crippen LogP contribution is 2.29. The topological polar surface area (TPSA) is 60.2 Å². The average Bonchev–Trinajstić information content (AvgIpc) is 2.79. The molecule has 0 aliphatic heterocycles. The van der Waals surface area contributed by atoms with Gasteiger partial charge in [0.2, 0.25) is 0 Å². The first-order chi connectivity index (χ1) is 9.45. The molecule has 1 aromatic carbocycles. The van der Waals surface area contributed by atoms with Gasteiger partial charge in [0.25, 0.3) is 0 Å². The Morgan fingerprint density at radius 3 is 2.65 bits per heavy atom. The Bertz CT molecular complexity index is 580. The van der Waals surface area contributed by atoms with E-state index in [-0.39, 0.29) is 12.1 Å². The lowest BCUT2D eigenvalue weighted by Crippen LogP contribution is -2.09. The van der Waals surface area contributed by atoms with Crippen molar-refractivity contribution >= 4 is 22.7 Å². The van der Waals surface area contributed by atoms with Crippen LogP contribution in [0.3, 0.4) is 0 Å². The molecule has 1 heterocycles. The van der Waals surface area contributed by atoms with E-state index in [4.69, 9.17) is 10.5 Å². The quantitative estimate of drug-likeness (QED) is 0.818. The largest absolute Gasteiger partial charge is 0.489 e. The second kappa shape index (κ2) is 6.13. The lowest BCUT2D eigenvalue weighted by atomic mass is 10.2. The van der Waals surface area contributed by atoms with Crippen molar-refractivity contribution in [2.24, 2.45) is 0 Å². The Morgan fingerprint density at radius 2 is 2.05 bits per heavy atom. The summed E-state index contributed by atoms with van der Waals surface area (Å²) in [5, 5.41) is 4.50. The summed E-state index contributed by atoms with van der Waals surface area (Å²) in [4.78, 5) is 5.62. The number of hydrogen-bond donors (Lipinski definition) is 2. The number of thiazole rings is 1. The fraction of sp³-hybridized carbons (Fsp3) is 0.400. The summed E-state index contributed by atoms with van der Waals surface area (Å²) in [6, 6.07) is 5.91. The number of anilines is 2. The van der Waals surface area contributed by atoms with Gasteiger partial charge in [-0.1, -0.05) is 0 Å². The molecule has 3 N–H and O–H groups in total. The van der Waals surface area contributed by atoms with E-state index in [0.717, 1.165) is 10.7 Å². The van der Waals surface area contributed by atoms with Crippen LogP contribution >= 0.6 is 11.3 Å². The minimum Gasteiger partial charge on any atom is -0.489 e. The molecule has 2 rings (SSSR count). The van der Waals surface area contributed by atoms with E-state index >= 15 is 0 Å². The van der Waals surface area contributed by atoms with Gasteiger partial charge >= 0.3 is 0 Å². The summed E-state index contributed by atoms with van der Waals surface area (Å²) in [5.74, 6) is 0.715. The van der Waals surface area contributed by atoms with Crippen molar-refractivity contribution in [3.05, 3.63) is 34.3 Å². The maximum absolute atomic E-state index is 5.92. The molecule has 0 saturated heterocycles. The molecule has 4 nitrogen and oxygen atoms in total. The van der Waals surface area contributed by atoms with E-state index in [1.165, 1.54) is 4.88 Å². The molecule has 20 heavy (non-hydrogen) atoms. The number of aromatic nitrogens is 1. The van der Waals surface area contributed by atoms with Gasteiger partial charge in [0.1, 0.15) is 10.8 Å². The number of nitrogen functional groups attached to an aromatic ring is 1. The molecule has 1 unspecified atom stereocenters. The minimum atomic E-state index is 0.103. The van der Waals surface area contributed by atoms with E-state index in [0.29, 0.717) is 11.4 Å². The SMILES string of the molecule is Cc1cnc(C(C)Nc2ccc(N)c(OC(C)C)c2)s1. The highest BCUT2D eigenvalue weighted by atomic mass is 32.1. The van der Waals surface area contributed by atoms with Crippen LogP contribution in [0.1, 0.15) is 36.7 Å². The number of hydrogen-bond acceptors (Lipinski definition) is 5. The predicted octanol–water partition coefficient (Wildman–Crippen LogP) is 3.99. The summed E-state index contributed by atoms with van der Waals surface area (Å²) >= 11 is 1.70. The number of nitrogens with one attached hydrogen (secondary N) is 1. The fourth-order valence-corrected chi connectivity index (χ4v) is 2.64. The standard InChI is InChI=1S/C15H21N3OS/c1-9(2)19-14-7-12(5-6-13(14)16)18-11(4)15-17-8-10(3)20-15/h5-9,11,18H,16H2,1-4H3. The van der Waals surface area contributed by atoms with Crippen molar-refractivity contribution < 1.29 is 4.74 Å². The van der Waals surface area contributed by atoms with Gasteiger partial charge in [-0.2, -0.15) is 0 Å². The summed E-state index contributed by atoms with van der Waals surface area (Å²) in [6.07, 6.45) is 2.00. The Hall–Kier alpha value is -1.75. The molecular weight excluding hydrogens is 270 g/mol. The molecule has 0 radical (unpaired) electrons. The van der Waals surface area contributed by atoms with Gasteiger partial charge in [-0.3, -0.25) is 0 Å². The van der Waals surface area contributed by atoms with Crippen molar-refractivity contribution in [1.29, 1.82) is 0 Å². The zero-order chi connectivity index (χ0) is 14.7. The van der Waals surface area contributed by atoms with Crippen LogP contribution in [-0.2, 0) is 0 Å². The molecule has 0 bridgehead atoms. The first kappa shape index (κ1) is 14.7. The number of nitrogens with two attached hydrogens (primary N) is 1. The lowest BCUT2D eigenvalue weighted by Gasteiger charge is -2.16. The Labute approximate surface area is 124 Å². The summed E-state index contributed by atoms with van der Waals surface area (Å²) in [5.41, 5.74) is 7.56. The van der Waals surface area contributed by atoms with Crippen molar-refractivity contribution in [2.75, 3.05) is 11.1 Å². The zero-order valence-corrected chi connectivity index (χ0v) is 13.1. The van der Waals surface area contributed by atoms with E-state index in [2.05, 4.69) is 24.1 Å². The van der Waals surface area contributed by atoms with Crippen LogP contribution in [0, 0.1) is 6.92 Å². The van der Waals surface area contributed by atoms with E-state index < -0.39 is 0 Å². The van der Waals surface area contributed by atoms with Crippen molar-refractivity contribution in [3.63, 3.8) is 0 Å². The normalized spacial score (nSPS) is 12.4. The van der Waals surface area contributed by atoms with Crippen LogP contribution in [0.5, 0.6) is 5.75 Å². The number of rotatable bonds is 5. The Balaban J connectivity index is 2.13. The maximum Gasteiger partial charge on any atom is 0.144 e. The zero-order valence-electron chi connectivity index (χ0n) is 12.3. The van der Waals surface area contributed by atoms with Crippen LogP contribution in [0.2, 0.25) is 0 Å². The smallest absolute Gasteiger partial charge is 0.144 e. The third kappa shape index (κ3) is 3.63. The summed E-state index contributed by atoms with van der Waals surface area (Å²) < 4.78 is 5.70. The number of nitrogens with zero attached hydrogens (tertiary/aromatic N) is 1. The first-order valence-corrected chi connectivity index (χ1v) is 7.52. The number of aryl methyl sites for hydroxylation is 1. The van der Waals surface area contributed by atoms with Crippen molar-refractivity contribution in [1.82, 2.24) is 4.98 Å². The molecule has 1 atom stereocenters. The van der Waals surface area contributed by atoms with Crippen LogP contribution in [-0.4, -0.2) is 11.1 Å². The van der Waals surface area contributed by atoms with Gasteiger partial charge < -0.3 is 15.8 Å². The van der Waals surface area contributed by atoms with Crippen molar-refractivity contribution in [3.8, 4) is 5.75 Å². The van der Waals surface area contributed by atoms with Crippen molar-refractivity contribution in [2.45, 2.75) is 39.8 Å². The van der Waals surface area contributed by atoms with Gasteiger partial charge in [0.15, 0.2) is 0 Å². The predicted molar refractivity (Wildman–Crippen MR) is 85.5 cm³/mol. The molecular formula is C15H21N3OS. The second-order valence-corrected chi connectivity index (χ2v) is 6.36. The van der Waals surface area contributed by atoms with Gasteiger partial charge in [0.05, 0.1) is 17.8 Å². The number of ether oxygens (including phenoxy) is 1. The molecule has 0 spiro atoms. The summed E-state index contributed by atoms with van der Waals surface area (Å²) in [7, 11) is 0. The molecule has 1 aromatic heterocycles. The highest BCUT2D eigenvalue weighted by Gasteiger charge is 2.11. The third-order valence-corrected chi connectivity index (χ3v) is 3.86. The molecule has 108 valence electrons. The first-order valence-electron chi connectivity index (χ1n) is 6.70. The fourth-order valence-electron chi connectivity index (χ4n) is 1.86. The molecule has 0 fully saturated rings. The van der Waals surface area contributed by atoms with E-state index in [9.17, 15) is 0 Å². The molecule has 0 saturated carbocycles. The average molecular weight is 291 g/mol. The van der Waals surface area contributed by atoms with Crippen LogP contribution in [0.25, 0.3) is 0 Å². The van der Waals surface area contributed by atoms with Crippen LogP contribution in [0.4, 0.5) is 11.4 Å². The van der Waals surface area contributed by atoms with Crippen LogP contribution < -0.4 is 15.8 Å². The maximum atomic E-state index is 5.92. The monoisotopic (exact) mass is 291 g/mol. The second-order valence-electron chi connectivity index (χ2n) is 5.09. The Kier molecular flexibility index (Phi) is 4.49. The molecule has 2 aromatic rings. The van der Waals surface area contributed by atoms with E-state index in [1.807, 2.05) is 38.2 Å². The molecule has 0 aliphatic carbocycles. The molecule has 5 heteroatoms. The Morgan fingerprint density at radius 1 is 1.30 bits per heavy atom. The van der Waals surface area contributed by atoms with Gasteiger partial charge in [-0.05, 0) is 39.8 Å². The highest BCUT2D eigenvalue weighted by molar-refractivity contribution is 7.11. The van der Waals surface area contributed by atoms with E-state index in [1.54, 1.807) is 11.3 Å². The van der Waals surface area contributed by atoms with Gasteiger partial charge in [-0.15, -0.1) is 11.3 Å². The molecule has 0 amide bonds.